The zero-order valence-electron chi connectivity index (χ0n) is 25.0. The van der Waals surface area contributed by atoms with Crippen molar-refractivity contribution in [1.82, 2.24) is 10.2 Å². The van der Waals surface area contributed by atoms with Gasteiger partial charge >= 0.3 is 6.18 Å². The first-order valence-electron chi connectivity index (χ1n) is 14.5. The van der Waals surface area contributed by atoms with Crippen LogP contribution in [0.4, 0.5) is 13.2 Å². The van der Waals surface area contributed by atoms with Crippen LogP contribution in [0.1, 0.15) is 64.5 Å². The van der Waals surface area contributed by atoms with E-state index in [4.69, 9.17) is 11.5 Å². The summed E-state index contributed by atoms with van der Waals surface area (Å²) in [5.74, 6) is -2.92. The standard InChI is InChI=1S/C31H45F3N4O4/c1-5-12-38(13-6-2)28(41)23-16-22(27(35)40)17-30(18-23,29(36)42)25(26(39)19-37-11-10-20(3)4)15-21-8-7-9-24(14-21)31(32,33)34/h7-9,14,16-17,20,25-26,37,39H,5-6,10-13,15,18-19H2,1-4H3,(H2,35,40)(H2,36,42)/t25-,26+,30?/m1/s1. The van der Waals surface area contributed by atoms with Crippen LogP contribution < -0.4 is 16.8 Å². The minimum Gasteiger partial charge on any atom is -0.391 e. The fraction of sp³-hybridized carbons (Fsp3) is 0.581. The molecule has 0 fully saturated rings. The molecule has 0 aromatic heterocycles. The molecule has 3 atom stereocenters. The average Bonchev–Trinajstić information content (AvgIpc) is 2.92. The van der Waals surface area contributed by atoms with Gasteiger partial charge in [0.1, 0.15) is 0 Å². The topological polar surface area (TPSA) is 139 Å². The number of rotatable bonds is 16. The van der Waals surface area contributed by atoms with Crippen molar-refractivity contribution in [2.45, 2.75) is 72.1 Å². The number of nitrogens with two attached hydrogens (primary N) is 2. The number of nitrogens with zero attached hydrogens (tertiary/aromatic N) is 1. The van der Waals surface area contributed by atoms with Crippen LogP contribution in [0.25, 0.3) is 0 Å². The van der Waals surface area contributed by atoms with Crippen molar-refractivity contribution in [3.8, 4) is 0 Å². The molecule has 234 valence electrons. The number of halogens is 3. The predicted molar refractivity (Wildman–Crippen MR) is 156 cm³/mol. The Balaban J connectivity index is 2.65. The maximum atomic E-state index is 13.7. The van der Waals surface area contributed by atoms with Gasteiger partial charge in [0.2, 0.25) is 17.7 Å². The van der Waals surface area contributed by atoms with Crippen molar-refractivity contribution in [2.75, 3.05) is 26.2 Å². The Hall–Kier alpha value is -3.18. The molecule has 42 heavy (non-hydrogen) atoms. The second kappa shape index (κ2) is 15.3. The van der Waals surface area contributed by atoms with Gasteiger partial charge in [-0.05, 0) is 62.3 Å². The van der Waals surface area contributed by atoms with Gasteiger partial charge in [-0.15, -0.1) is 0 Å². The molecule has 6 N–H and O–H groups in total. The second-order valence-electron chi connectivity index (χ2n) is 11.5. The van der Waals surface area contributed by atoms with Crippen LogP contribution in [0.3, 0.4) is 0 Å². The van der Waals surface area contributed by atoms with Crippen LogP contribution in [0, 0.1) is 17.3 Å². The van der Waals surface area contributed by atoms with Crippen molar-refractivity contribution >= 4 is 17.7 Å². The largest absolute Gasteiger partial charge is 0.416 e. The molecule has 1 aromatic rings. The van der Waals surface area contributed by atoms with Crippen LogP contribution in [-0.2, 0) is 27.0 Å². The molecule has 1 aliphatic carbocycles. The van der Waals surface area contributed by atoms with E-state index < -0.39 is 46.9 Å². The van der Waals surface area contributed by atoms with E-state index in [0.717, 1.165) is 18.6 Å². The van der Waals surface area contributed by atoms with E-state index >= 15 is 0 Å². The zero-order chi connectivity index (χ0) is 31.7. The summed E-state index contributed by atoms with van der Waals surface area (Å²) in [5.41, 5.74) is 9.20. The number of nitrogens with one attached hydrogen (secondary N) is 1. The SMILES string of the molecule is CCCN(CCC)C(=O)C1=CC(C(N)=O)=CC(C(N)=O)([C@H](Cc2cccc(C(F)(F)F)c2)[C@@H](O)CNCCC(C)C)C1. The zero-order valence-corrected chi connectivity index (χ0v) is 25.0. The molecule has 0 bridgehead atoms. The van der Waals surface area contributed by atoms with Crippen LogP contribution >= 0.6 is 0 Å². The number of carbonyl (C=O) groups is 3. The lowest BCUT2D eigenvalue weighted by molar-refractivity contribution is -0.138. The molecule has 3 amide bonds. The summed E-state index contributed by atoms with van der Waals surface area (Å²) in [6.45, 7) is 9.38. The Morgan fingerprint density at radius 3 is 2.29 bits per heavy atom. The van der Waals surface area contributed by atoms with Crippen molar-refractivity contribution in [2.24, 2.45) is 28.7 Å². The highest BCUT2D eigenvalue weighted by Gasteiger charge is 2.49. The smallest absolute Gasteiger partial charge is 0.391 e. The van der Waals surface area contributed by atoms with Gasteiger partial charge in [0, 0.05) is 36.7 Å². The fourth-order valence-electron chi connectivity index (χ4n) is 5.41. The average molecular weight is 595 g/mol. The summed E-state index contributed by atoms with van der Waals surface area (Å²) in [6, 6.07) is 4.64. The monoisotopic (exact) mass is 594 g/mol. The molecule has 0 spiro atoms. The molecular weight excluding hydrogens is 549 g/mol. The molecule has 0 saturated carbocycles. The van der Waals surface area contributed by atoms with E-state index in [1.165, 1.54) is 24.3 Å². The quantitative estimate of drug-likeness (QED) is 0.216. The molecule has 1 aliphatic rings. The number of amides is 3. The summed E-state index contributed by atoms with van der Waals surface area (Å²) in [5, 5.41) is 14.7. The fourth-order valence-corrected chi connectivity index (χ4v) is 5.41. The number of carbonyl (C=O) groups excluding carboxylic acids is 3. The van der Waals surface area contributed by atoms with Gasteiger partial charge in [0.05, 0.1) is 17.1 Å². The molecule has 8 nitrogen and oxygen atoms in total. The molecular formula is C31H45F3N4O4. The molecule has 0 saturated heterocycles. The molecule has 1 aromatic carbocycles. The number of alkyl halides is 3. The van der Waals surface area contributed by atoms with Crippen molar-refractivity contribution < 1.29 is 32.7 Å². The highest BCUT2D eigenvalue weighted by Crippen LogP contribution is 2.45. The van der Waals surface area contributed by atoms with Gasteiger partial charge in [-0.3, -0.25) is 14.4 Å². The molecule has 11 heteroatoms. The first-order chi connectivity index (χ1) is 19.7. The first-order valence-corrected chi connectivity index (χ1v) is 14.5. The van der Waals surface area contributed by atoms with Gasteiger partial charge < -0.3 is 26.8 Å². The van der Waals surface area contributed by atoms with Gasteiger partial charge in [-0.2, -0.15) is 13.2 Å². The van der Waals surface area contributed by atoms with E-state index in [0.29, 0.717) is 38.4 Å². The lowest BCUT2D eigenvalue weighted by atomic mass is 9.63. The third-order valence-electron chi connectivity index (χ3n) is 7.61. The van der Waals surface area contributed by atoms with Crippen molar-refractivity contribution in [3.63, 3.8) is 0 Å². The van der Waals surface area contributed by atoms with E-state index in [1.54, 1.807) is 4.90 Å². The van der Waals surface area contributed by atoms with Gasteiger partial charge in [0.25, 0.3) is 0 Å². The number of aliphatic hydroxyl groups is 1. The Bertz CT molecular complexity index is 1160. The minimum atomic E-state index is -4.60. The van der Waals surface area contributed by atoms with Crippen LogP contribution in [0.15, 0.2) is 47.6 Å². The highest BCUT2D eigenvalue weighted by molar-refractivity contribution is 6.03. The Kier molecular flexibility index (Phi) is 12.8. The Morgan fingerprint density at radius 1 is 1.12 bits per heavy atom. The Labute approximate surface area is 246 Å². The van der Waals surface area contributed by atoms with Gasteiger partial charge in [-0.25, -0.2) is 0 Å². The highest BCUT2D eigenvalue weighted by atomic mass is 19.4. The summed E-state index contributed by atoms with van der Waals surface area (Å²) in [6.07, 6.45) is -1.50. The number of hydrogen-bond donors (Lipinski definition) is 4. The van der Waals surface area contributed by atoms with E-state index in [2.05, 4.69) is 5.32 Å². The van der Waals surface area contributed by atoms with E-state index in [-0.39, 0.29) is 36.1 Å². The third kappa shape index (κ3) is 9.16. The van der Waals surface area contributed by atoms with Crippen molar-refractivity contribution in [1.29, 1.82) is 0 Å². The molecule has 0 aliphatic heterocycles. The number of aliphatic hydroxyl groups excluding tert-OH is 1. The van der Waals surface area contributed by atoms with Gasteiger partial charge in [-0.1, -0.05) is 52.0 Å². The summed E-state index contributed by atoms with van der Waals surface area (Å²) in [4.78, 5) is 41.1. The molecule has 2 rings (SSSR count). The molecule has 0 heterocycles. The molecule has 1 unspecified atom stereocenters. The van der Waals surface area contributed by atoms with Gasteiger partial charge in [0.15, 0.2) is 0 Å². The number of hydrogen-bond acceptors (Lipinski definition) is 5. The number of primary amides is 2. The van der Waals surface area contributed by atoms with Crippen LogP contribution in [0.2, 0.25) is 0 Å². The van der Waals surface area contributed by atoms with E-state index in [9.17, 15) is 32.7 Å². The summed E-state index contributed by atoms with van der Waals surface area (Å²) < 4.78 is 40.6. The predicted octanol–water partition coefficient (Wildman–Crippen LogP) is 3.72. The second-order valence-corrected chi connectivity index (χ2v) is 11.5. The normalized spacial score (nSPS) is 18.7. The van der Waals surface area contributed by atoms with E-state index in [1.807, 2.05) is 27.7 Å². The van der Waals surface area contributed by atoms with Crippen LogP contribution in [0.5, 0.6) is 0 Å². The van der Waals surface area contributed by atoms with Crippen molar-refractivity contribution in [3.05, 3.63) is 58.7 Å². The number of benzene rings is 1. The summed E-state index contributed by atoms with van der Waals surface area (Å²) >= 11 is 0. The maximum Gasteiger partial charge on any atom is 0.416 e. The maximum absolute atomic E-state index is 13.7. The lowest BCUT2D eigenvalue weighted by Gasteiger charge is -2.42. The van der Waals surface area contributed by atoms with Crippen LogP contribution in [-0.4, -0.2) is 60.0 Å². The lowest BCUT2D eigenvalue weighted by Crippen LogP contribution is -2.52. The minimum absolute atomic E-state index is 0.00983. The third-order valence-corrected chi connectivity index (χ3v) is 7.61. The summed E-state index contributed by atoms with van der Waals surface area (Å²) in [7, 11) is 0. The first kappa shape index (κ1) is 35.0. The Morgan fingerprint density at radius 2 is 1.76 bits per heavy atom. The molecule has 0 radical (unpaired) electrons.